The lowest BCUT2D eigenvalue weighted by atomic mass is 10.1. The summed E-state index contributed by atoms with van der Waals surface area (Å²) in [6.07, 6.45) is -0.180. The molecule has 0 aliphatic rings. The average molecular weight is 454 g/mol. The number of aliphatic hydroxyl groups is 2. The number of rotatable bonds is 11. The van der Waals surface area contributed by atoms with Crippen LogP contribution in [-0.2, 0) is 6.42 Å². The molecule has 0 saturated heterocycles. The molecule has 3 aromatic rings. The monoisotopic (exact) mass is 453 g/mol. The van der Waals surface area contributed by atoms with Crippen LogP contribution in [0.2, 0.25) is 0 Å². The van der Waals surface area contributed by atoms with Crippen LogP contribution in [0.3, 0.4) is 0 Å². The summed E-state index contributed by atoms with van der Waals surface area (Å²) in [5.41, 5.74) is 1.89. The number of hydrogen-bond acceptors (Lipinski definition) is 5. The van der Waals surface area contributed by atoms with Crippen molar-refractivity contribution in [3.05, 3.63) is 90.2 Å². The van der Waals surface area contributed by atoms with Crippen LogP contribution in [0, 0.1) is 5.82 Å². The highest BCUT2D eigenvalue weighted by molar-refractivity contribution is 5.99. The Labute approximate surface area is 192 Å². The molecule has 0 aromatic heterocycles. The van der Waals surface area contributed by atoms with Crippen LogP contribution in [0.4, 0.5) is 20.6 Å². The zero-order valence-corrected chi connectivity index (χ0v) is 18.1. The Hall–Kier alpha value is -3.46. The lowest BCUT2D eigenvalue weighted by Crippen LogP contribution is -2.41. The predicted molar refractivity (Wildman–Crippen MR) is 126 cm³/mol. The first-order valence-corrected chi connectivity index (χ1v) is 10.6. The van der Waals surface area contributed by atoms with Gasteiger partial charge in [-0.3, -0.25) is 0 Å². The van der Waals surface area contributed by atoms with Crippen molar-refractivity contribution >= 4 is 17.4 Å². The maximum absolute atomic E-state index is 13.2. The first-order chi connectivity index (χ1) is 16.0. The Morgan fingerprint density at radius 1 is 0.939 bits per heavy atom. The fourth-order valence-electron chi connectivity index (χ4n) is 3.14. The SMILES string of the molecule is O=C(Nc1ccc(C[C@@H](CO)NC[C@H](O)COc2ccccc2)cc1)Nc1cccc(F)c1. The van der Waals surface area contributed by atoms with Crippen molar-refractivity contribution in [3.63, 3.8) is 0 Å². The van der Waals surface area contributed by atoms with E-state index in [2.05, 4.69) is 16.0 Å². The van der Waals surface area contributed by atoms with Gasteiger partial charge in [0.25, 0.3) is 0 Å². The van der Waals surface area contributed by atoms with E-state index >= 15 is 0 Å². The number of benzene rings is 3. The lowest BCUT2D eigenvalue weighted by molar-refractivity contribution is 0.0997. The van der Waals surface area contributed by atoms with Crippen molar-refractivity contribution in [3.8, 4) is 5.75 Å². The molecule has 174 valence electrons. The van der Waals surface area contributed by atoms with Gasteiger partial charge in [0.05, 0.1) is 6.61 Å². The van der Waals surface area contributed by atoms with E-state index < -0.39 is 18.0 Å². The smallest absolute Gasteiger partial charge is 0.323 e. The molecule has 0 fully saturated rings. The van der Waals surface area contributed by atoms with Crippen molar-refractivity contribution in [1.82, 2.24) is 5.32 Å². The first kappa shape index (κ1) is 24.2. The fraction of sp³-hybridized carbons (Fsp3) is 0.240. The molecule has 3 aromatic carbocycles. The van der Waals surface area contributed by atoms with Crippen LogP contribution in [-0.4, -0.2) is 48.1 Å². The topological polar surface area (TPSA) is 103 Å². The van der Waals surface area contributed by atoms with Crippen LogP contribution in [0.25, 0.3) is 0 Å². The fourth-order valence-corrected chi connectivity index (χ4v) is 3.14. The second-order valence-electron chi connectivity index (χ2n) is 7.56. The van der Waals surface area contributed by atoms with Gasteiger partial charge in [-0.25, -0.2) is 9.18 Å². The maximum atomic E-state index is 13.2. The summed E-state index contributed by atoms with van der Waals surface area (Å²) in [6, 6.07) is 21.4. The number of nitrogens with one attached hydrogen (secondary N) is 3. The van der Waals surface area contributed by atoms with Crippen LogP contribution in [0.15, 0.2) is 78.9 Å². The highest BCUT2D eigenvalue weighted by atomic mass is 19.1. The van der Waals surface area contributed by atoms with Crippen LogP contribution < -0.4 is 20.7 Å². The minimum atomic E-state index is -0.720. The van der Waals surface area contributed by atoms with E-state index in [1.165, 1.54) is 18.2 Å². The number of amides is 2. The first-order valence-electron chi connectivity index (χ1n) is 10.6. The number of hydrogen-bond donors (Lipinski definition) is 5. The van der Waals surface area contributed by atoms with Crippen molar-refractivity contribution in [2.24, 2.45) is 0 Å². The van der Waals surface area contributed by atoms with Crippen molar-refractivity contribution < 1.29 is 24.1 Å². The summed E-state index contributed by atoms with van der Waals surface area (Å²) in [6.45, 7) is 0.327. The minimum Gasteiger partial charge on any atom is -0.491 e. The third-order valence-electron chi connectivity index (χ3n) is 4.82. The van der Waals surface area contributed by atoms with E-state index in [1.807, 2.05) is 42.5 Å². The Bertz CT molecular complexity index is 1000. The summed E-state index contributed by atoms with van der Waals surface area (Å²) in [7, 11) is 0. The zero-order chi connectivity index (χ0) is 23.5. The number of ether oxygens (including phenoxy) is 1. The van der Waals surface area contributed by atoms with Gasteiger partial charge in [0.15, 0.2) is 0 Å². The number of carbonyl (C=O) groups is 1. The Morgan fingerprint density at radius 2 is 1.67 bits per heavy atom. The molecule has 0 spiro atoms. The summed E-state index contributed by atoms with van der Waals surface area (Å²) in [5, 5.41) is 28.2. The number of halogens is 1. The molecular formula is C25H28FN3O4. The maximum Gasteiger partial charge on any atom is 0.323 e. The van der Waals surface area contributed by atoms with E-state index in [9.17, 15) is 19.4 Å². The molecule has 0 bridgehead atoms. The van der Waals surface area contributed by atoms with Gasteiger partial charge in [0.1, 0.15) is 24.3 Å². The molecule has 5 N–H and O–H groups in total. The van der Waals surface area contributed by atoms with E-state index in [4.69, 9.17) is 4.74 Å². The largest absolute Gasteiger partial charge is 0.491 e. The molecule has 2 amide bonds. The standard InChI is InChI=1S/C25H28FN3O4/c26-19-5-4-6-21(14-19)29-25(32)28-20-11-9-18(10-12-20)13-22(16-30)27-15-23(31)17-33-24-7-2-1-3-8-24/h1-12,14,22-23,27,30-31H,13,15-17H2,(H2,28,29,32)/t22-,23-/m0/s1. The molecule has 0 aliphatic heterocycles. The van der Waals surface area contributed by atoms with Crippen molar-refractivity contribution in [2.45, 2.75) is 18.6 Å². The Kier molecular flexibility index (Phi) is 9.19. The molecule has 0 heterocycles. The van der Waals surface area contributed by atoms with Gasteiger partial charge >= 0.3 is 6.03 Å². The van der Waals surface area contributed by atoms with E-state index in [1.54, 1.807) is 18.2 Å². The summed E-state index contributed by atoms with van der Waals surface area (Å²) in [5.74, 6) is 0.258. The normalized spacial score (nSPS) is 12.6. The average Bonchev–Trinajstić information content (AvgIpc) is 2.82. The number of aliphatic hydroxyl groups excluding tert-OH is 2. The molecule has 7 nitrogen and oxygen atoms in total. The van der Waals surface area contributed by atoms with Crippen LogP contribution >= 0.6 is 0 Å². The molecule has 8 heteroatoms. The number of carbonyl (C=O) groups excluding carboxylic acids is 1. The molecule has 3 rings (SSSR count). The van der Waals surface area contributed by atoms with Crippen LogP contribution in [0.5, 0.6) is 5.75 Å². The highest BCUT2D eigenvalue weighted by Crippen LogP contribution is 2.14. The molecule has 0 aliphatic carbocycles. The number of para-hydroxylation sites is 1. The molecular weight excluding hydrogens is 425 g/mol. The molecule has 33 heavy (non-hydrogen) atoms. The van der Waals surface area contributed by atoms with E-state index in [-0.39, 0.29) is 25.8 Å². The lowest BCUT2D eigenvalue weighted by Gasteiger charge is -2.19. The predicted octanol–water partition coefficient (Wildman–Crippen LogP) is 3.40. The quantitative estimate of drug-likeness (QED) is 0.306. The van der Waals surface area contributed by atoms with Gasteiger partial charge < -0.3 is 30.9 Å². The summed E-state index contributed by atoms with van der Waals surface area (Å²) >= 11 is 0. The van der Waals surface area contributed by atoms with Gasteiger partial charge in [-0.05, 0) is 54.4 Å². The minimum absolute atomic E-state index is 0.0949. The molecule has 0 saturated carbocycles. The van der Waals surface area contributed by atoms with Gasteiger partial charge in [-0.2, -0.15) is 0 Å². The van der Waals surface area contributed by atoms with Gasteiger partial charge in [-0.1, -0.05) is 36.4 Å². The van der Waals surface area contributed by atoms with Crippen molar-refractivity contribution in [2.75, 3.05) is 30.4 Å². The van der Waals surface area contributed by atoms with Gasteiger partial charge in [0.2, 0.25) is 0 Å². The second kappa shape index (κ2) is 12.5. The van der Waals surface area contributed by atoms with Gasteiger partial charge in [-0.15, -0.1) is 0 Å². The molecule has 0 unspecified atom stereocenters. The highest BCUT2D eigenvalue weighted by Gasteiger charge is 2.12. The van der Waals surface area contributed by atoms with E-state index in [0.29, 0.717) is 23.5 Å². The zero-order valence-electron chi connectivity index (χ0n) is 18.1. The summed E-state index contributed by atoms with van der Waals surface area (Å²) < 4.78 is 18.7. The van der Waals surface area contributed by atoms with Crippen LogP contribution in [0.1, 0.15) is 5.56 Å². The number of urea groups is 1. The number of anilines is 2. The Balaban J connectivity index is 1.42. The Morgan fingerprint density at radius 3 is 2.36 bits per heavy atom. The third kappa shape index (κ3) is 8.53. The van der Waals surface area contributed by atoms with Crippen molar-refractivity contribution in [1.29, 1.82) is 0 Å². The van der Waals surface area contributed by atoms with Gasteiger partial charge in [0, 0.05) is 24.0 Å². The van der Waals surface area contributed by atoms with E-state index in [0.717, 1.165) is 5.56 Å². The molecule has 0 radical (unpaired) electrons. The molecule has 2 atom stereocenters. The second-order valence-corrected chi connectivity index (χ2v) is 7.56. The third-order valence-corrected chi connectivity index (χ3v) is 4.82. The summed E-state index contributed by atoms with van der Waals surface area (Å²) in [4.78, 5) is 12.1.